The van der Waals surface area contributed by atoms with Gasteiger partial charge in [0.25, 0.3) is 0 Å². The van der Waals surface area contributed by atoms with E-state index in [0.29, 0.717) is 6.10 Å². The molecule has 2 heterocycles. The average molecular weight is 339 g/mol. The van der Waals surface area contributed by atoms with Crippen LogP contribution in [0, 0.1) is 13.8 Å². The summed E-state index contributed by atoms with van der Waals surface area (Å²) in [5, 5.41) is 4.60. The molecule has 0 aliphatic carbocycles. The Morgan fingerprint density at radius 1 is 1.35 bits per heavy atom. The Morgan fingerprint density at radius 3 is 2.48 bits per heavy atom. The zero-order valence-electron chi connectivity index (χ0n) is 15.3. The second-order valence-corrected chi connectivity index (χ2v) is 8.35. The predicted molar refractivity (Wildman–Crippen MR) is 97.2 cm³/mol. The lowest BCUT2D eigenvalue weighted by molar-refractivity contribution is -0.0772. The number of rotatable bonds is 3. The highest BCUT2D eigenvalue weighted by molar-refractivity contribution is 7.11. The van der Waals surface area contributed by atoms with Crippen LogP contribution in [0.2, 0.25) is 0 Å². The van der Waals surface area contributed by atoms with Crippen LogP contribution in [0.25, 0.3) is 0 Å². The van der Waals surface area contributed by atoms with Gasteiger partial charge in [0.05, 0.1) is 29.0 Å². The highest BCUT2D eigenvalue weighted by Gasteiger charge is 2.25. The fraction of sp³-hybridized carbons (Fsp3) is 0.765. The summed E-state index contributed by atoms with van der Waals surface area (Å²) in [6, 6.07) is 0. The van der Waals surface area contributed by atoms with E-state index in [1.165, 1.54) is 4.88 Å². The molecule has 0 spiro atoms. The van der Waals surface area contributed by atoms with Gasteiger partial charge in [-0.25, -0.2) is 4.98 Å². The van der Waals surface area contributed by atoms with Crippen LogP contribution in [0.3, 0.4) is 0 Å². The quantitative estimate of drug-likeness (QED) is 0.679. The van der Waals surface area contributed by atoms with Gasteiger partial charge in [-0.3, -0.25) is 4.99 Å². The number of hydrogen-bond donors (Lipinski definition) is 1. The fourth-order valence-electron chi connectivity index (χ4n) is 2.91. The van der Waals surface area contributed by atoms with Gasteiger partial charge in [-0.2, -0.15) is 0 Å². The van der Waals surface area contributed by atoms with Crippen molar-refractivity contribution in [2.24, 2.45) is 4.99 Å². The molecule has 1 aliphatic heterocycles. The third-order valence-corrected chi connectivity index (χ3v) is 4.95. The summed E-state index contributed by atoms with van der Waals surface area (Å²) >= 11 is 1.75. The monoisotopic (exact) mass is 338 g/mol. The van der Waals surface area contributed by atoms with Crippen LogP contribution in [-0.2, 0) is 11.3 Å². The number of aryl methyl sites for hydroxylation is 2. The van der Waals surface area contributed by atoms with Crippen molar-refractivity contribution in [3.8, 4) is 0 Å². The maximum atomic E-state index is 6.09. The molecule has 1 aromatic rings. The van der Waals surface area contributed by atoms with Crippen LogP contribution in [-0.4, -0.2) is 47.7 Å². The Labute approximate surface area is 144 Å². The second-order valence-electron chi connectivity index (χ2n) is 7.06. The molecule has 0 aromatic carbocycles. The van der Waals surface area contributed by atoms with Gasteiger partial charge >= 0.3 is 0 Å². The molecule has 0 saturated carbocycles. The van der Waals surface area contributed by atoms with Gasteiger partial charge in [0, 0.05) is 25.0 Å². The van der Waals surface area contributed by atoms with Crippen molar-refractivity contribution in [3.05, 3.63) is 15.6 Å². The SMILES string of the molecule is CN=C(NCc1sc(C)nc1C)N1CCC(OC(C)(C)C)CC1. The predicted octanol–water partition coefficient (Wildman–Crippen LogP) is 3.11. The van der Waals surface area contributed by atoms with Crippen molar-refractivity contribution in [1.29, 1.82) is 0 Å². The molecule has 1 aromatic heterocycles. The highest BCUT2D eigenvalue weighted by Crippen LogP contribution is 2.21. The average Bonchev–Trinajstić information content (AvgIpc) is 2.78. The summed E-state index contributed by atoms with van der Waals surface area (Å²) in [4.78, 5) is 12.5. The molecule has 2 rings (SSSR count). The Balaban J connectivity index is 1.84. The first kappa shape index (κ1) is 18.2. The van der Waals surface area contributed by atoms with Gasteiger partial charge in [-0.05, 0) is 47.5 Å². The first-order chi connectivity index (χ1) is 10.8. The summed E-state index contributed by atoms with van der Waals surface area (Å²) in [5.41, 5.74) is 1.06. The molecule has 6 heteroatoms. The molecular formula is C17H30N4OS. The minimum Gasteiger partial charge on any atom is -0.372 e. The van der Waals surface area contributed by atoms with Gasteiger partial charge in [-0.15, -0.1) is 11.3 Å². The van der Waals surface area contributed by atoms with Gasteiger partial charge in [-0.1, -0.05) is 0 Å². The lowest BCUT2D eigenvalue weighted by Gasteiger charge is -2.36. The molecule has 130 valence electrons. The molecule has 0 unspecified atom stereocenters. The van der Waals surface area contributed by atoms with Gasteiger partial charge in [0.15, 0.2) is 5.96 Å². The maximum Gasteiger partial charge on any atom is 0.193 e. The maximum absolute atomic E-state index is 6.09. The number of piperidine rings is 1. The van der Waals surface area contributed by atoms with Crippen LogP contribution in [0.4, 0.5) is 0 Å². The minimum atomic E-state index is -0.0612. The van der Waals surface area contributed by atoms with Crippen LogP contribution in [0.5, 0.6) is 0 Å². The van der Waals surface area contributed by atoms with Gasteiger partial charge in [0.1, 0.15) is 0 Å². The van der Waals surface area contributed by atoms with Crippen molar-refractivity contribution in [2.75, 3.05) is 20.1 Å². The van der Waals surface area contributed by atoms with E-state index in [0.717, 1.165) is 49.1 Å². The summed E-state index contributed by atoms with van der Waals surface area (Å²) in [6.07, 6.45) is 2.46. The number of ether oxygens (including phenoxy) is 1. The molecule has 5 nitrogen and oxygen atoms in total. The third-order valence-electron chi connectivity index (χ3n) is 3.88. The van der Waals surface area contributed by atoms with E-state index in [1.807, 2.05) is 7.05 Å². The number of hydrogen-bond acceptors (Lipinski definition) is 4. The first-order valence-corrected chi connectivity index (χ1v) is 9.16. The number of aliphatic imine (C=N–C) groups is 1. The largest absolute Gasteiger partial charge is 0.372 e. The summed E-state index contributed by atoms with van der Waals surface area (Å²) in [7, 11) is 1.85. The van der Waals surface area contributed by atoms with Crippen molar-refractivity contribution in [3.63, 3.8) is 0 Å². The number of thiazole rings is 1. The molecule has 1 fully saturated rings. The van der Waals surface area contributed by atoms with Crippen molar-refractivity contribution >= 4 is 17.3 Å². The Bertz CT molecular complexity index is 539. The number of nitrogens with zero attached hydrogens (tertiary/aromatic N) is 3. The Kier molecular flexibility index (Phi) is 6.03. The summed E-state index contributed by atoms with van der Waals surface area (Å²) in [6.45, 7) is 13.3. The molecule has 1 saturated heterocycles. The molecule has 0 atom stereocenters. The molecule has 23 heavy (non-hydrogen) atoms. The minimum absolute atomic E-state index is 0.0612. The second kappa shape index (κ2) is 7.62. The van der Waals surface area contributed by atoms with Crippen LogP contribution < -0.4 is 5.32 Å². The number of guanidine groups is 1. The lowest BCUT2D eigenvalue weighted by Crippen LogP contribution is -2.47. The molecule has 0 bridgehead atoms. The standard InChI is InChI=1S/C17H30N4OS/c1-12-15(23-13(2)20-12)11-19-16(18-6)21-9-7-14(8-10-21)22-17(3,4)5/h14H,7-11H2,1-6H3,(H,18,19). The van der Waals surface area contributed by atoms with Crippen LogP contribution in [0.15, 0.2) is 4.99 Å². The van der Waals surface area contributed by atoms with Gasteiger partial charge in [0.2, 0.25) is 0 Å². The number of aromatic nitrogens is 1. The fourth-order valence-corrected chi connectivity index (χ4v) is 3.79. The van der Waals surface area contributed by atoms with E-state index in [-0.39, 0.29) is 5.60 Å². The lowest BCUT2D eigenvalue weighted by atomic mass is 10.1. The zero-order chi connectivity index (χ0) is 17.0. The molecule has 1 N–H and O–H groups in total. The molecule has 0 radical (unpaired) electrons. The van der Waals surface area contributed by atoms with E-state index in [2.05, 4.69) is 54.8 Å². The van der Waals surface area contributed by atoms with E-state index < -0.39 is 0 Å². The first-order valence-electron chi connectivity index (χ1n) is 8.35. The molecule has 0 amide bonds. The van der Waals surface area contributed by atoms with Crippen LogP contribution in [0.1, 0.15) is 49.2 Å². The van der Waals surface area contributed by atoms with Gasteiger partial charge < -0.3 is 15.0 Å². The normalized spacial score (nSPS) is 17.7. The number of nitrogens with one attached hydrogen (secondary N) is 1. The van der Waals surface area contributed by atoms with Crippen LogP contribution >= 0.6 is 11.3 Å². The topological polar surface area (TPSA) is 49.8 Å². The number of likely N-dealkylation sites (tertiary alicyclic amines) is 1. The van der Waals surface area contributed by atoms with Crippen molar-refractivity contribution in [1.82, 2.24) is 15.2 Å². The van der Waals surface area contributed by atoms with E-state index in [9.17, 15) is 0 Å². The Morgan fingerprint density at radius 2 is 2.00 bits per heavy atom. The summed E-state index contributed by atoms with van der Waals surface area (Å²) in [5.74, 6) is 0.977. The smallest absolute Gasteiger partial charge is 0.193 e. The zero-order valence-corrected chi connectivity index (χ0v) is 16.1. The highest BCUT2D eigenvalue weighted by atomic mass is 32.1. The van der Waals surface area contributed by atoms with E-state index in [1.54, 1.807) is 11.3 Å². The van der Waals surface area contributed by atoms with Crippen molar-refractivity contribution < 1.29 is 4.74 Å². The van der Waals surface area contributed by atoms with E-state index in [4.69, 9.17) is 4.74 Å². The Hall–Kier alpha value is -1.14. The van der Waals surface area contributed by atoms with E-state index >= 15 is 0 Å². The molecular weight excluding hydrogens is 308 g/mol. The summed E-state index contributed by atoms with van der Waals surface area (Å²) < 4.78 is 6.09. The third kappa shape index (κ3) is 5.46. The molecule has 1 aliphatic rings. The van der Waals surface area contributed by atoms with Crippen molar-refractivity contribution in [2.45, 2.75) is 65.7 Å².